The molecule has 6 heterocycles. The summed E-state index contributed by atoms with van der Waals surface area (Å²) in [5.74, 6) is 5.17. The molecule has 13 rings (SSSR count). The number of hydrogen-bond acceptors (Lipinski definition) is 13. The van der Waals surface area contributed by atoms with E-state index in [1.165, 1.54) is 4.90 Å². The number of urea groups is 1. The van der Waals surface area contributed by atoms with Gasteiger partial charge in [-0.1, -0.05) is 138 Å². The van der Waals surface area contributed by atoms with Crippen molar-refractivity contribution in [2.75, 3.05) is 51.1 Å². The zero-order valence-electron chi connectivity index (χ0n) is 44.9. The highest BCUT2D eigenvalue weighted by Gasteiger charge is 2.76. The van der Waals surface area contributed by atoms with Gasteiger partial charge in [-0.05, 0) is 94.9 Å². The Hall–Kier alpha value is -9.34. The lowest BCUT2D eigenvalue weighted by molar-refractivity contribution is -0.179. The van der Waals surface area contributed by atoms with Crippen LogP contribution in [0.3, 0.4) is 0 Å². The minimum absolute atomic E-state index is 0.0381. The smallest absolute Gasteiger partial charge is 0.329 e. The topological polar surface area (TPSA) is 181 Å². The average molecular weight is 1100 g/mol. The number of morpholine rings is 1. The second-order valence-electron chi connectivity index (χ2n) is 21.2. The summed E-state index contributed by atoms with van der Waals surface area (Å²) in [5, 5.41) is 21.6. The SMILES string of the molecule is C[C@@H](NC(=O)N1C(=O)[C@@]2(c3cc(C#CCn4nnc5ccccc54)ccc31)[C@H](C(=O)N1CCN(Cc3ccc4c(c3)OCO4)CC1)[C@H]1C(=O)O[C@H](c3ccccc3)[C@H](c3ccccc3)N1[C@@H]2c1ccc(OCCO)cc1)c1ccccc1. The molecule has 8 aromatic rings. The molecule has 0 radical (unpaired) electrons. The number of rotatable bonds is 12. The van der Waals surface area contributed by atoms with Gasteiger partial charge in [-0.25, -0.2) is 14.4 Å². The van der Waals surface area contributed by atoms with Crippen molar-refractivity contribution in [1.29, 1.82) is 0 Å². The largest absolute Gasteiger partial charge is 0.491 e. The van der Waals surface area contributed by atoms with E-state index in [1.54, 1.807) is 33.8 Å². The first-order chi connectivity index (χ1) is 40.2. The fourth-order valence-electron chi connectivity index (χ4n) is 12.8. The second kappa shape index (κ2) is 22.0. The molecule has 82 heavy (non-hydrogen) atoms. The first-order valence-electron chi connectivity index (χ1n) is 27.6. The minimum atomic E-state index is -2.01. The van der Waals surface area contributed by atoms with Gasteiger partial charge in [0.15, 0.2) is 11.5 Å². The van der Waals surface area contributed by atoms with Crippen LogP contribution in [0, 0.1) is 17.8 Å². The molecule has 2 N–H and O–H groups in total. The third kappa shape index (κ3) is 9.24. The molecule has 3 fully saturated rings. The van der Waals surface area contributed by atoms with Crippen LogP contribution in [0.2, 0.25) is 0 Å². The number of aliphatic hydroxyl groups excluding tert-OH is 1. The quantitative estimate of drug-likeness (QED) is 0.0887. The van der Waals surface area contributed by atoms with Crippen molar-refractivity contribution in [3.63, 3.8) is 0 Å². The van der Waals surface area contributed by atoms with Crippen LogP contribution < -0.4 is 24.4 Å². The maximum atomic E-state index is 17.1. The number of aliphatic hydroxyl groups is 1. The fraction of sp³-hybridized carbons (Fsp3) is 0.262. The number of imide groups is 1. The van der Waals surface area contributed by atoms with E-state index in [0.29, 0.717) is 59.1 Å². The lowest BCUT2D eigenvalue weighted by Gasteiger charge is -2.46. The zero-order valence-corrected chi connectivity index (χ0v) is 44.9. The molecule has 3 saturated heterocycles. The van der Waals surface area contributed by atoms with E-state index in [2.05, 4.69) is 32.4 Å². The number of carbonyl (C=O) groups is 4. The molecule has 17 nitrogen and oxygen atoms in total. The number of fused-ring (bicyclic) bond motifs is 5. The van der Waals surface area contributed by atoms with Crippen LogP contribution in [-0.4, -0.2) is 111 Å². The number of hydrogen-bond donors (Lipinski definition) is 2. The highest BCUT2D eigenvalue weighted by molar-refractivity contribution is 6.24. The number of cyclic esters (lactones) is 1. The minimum Gasteiger partial charge on any atom is -0.491 e. The van der Waals surface area contributed by atoms with Crippen LogP contribution in [0.1, 0.15) is 70.1 Å². The van der Waals surface area contributed by atoms with Gasteiger partial charge < -0.3 is 34.3 Å². The van der Waals surface area contributed by atoms with Gasteiger partial charge in [0.1, 0.15) is 42.0 Å². The zero-order chi connectivity index (χ0) is 55.9. The van der Waals surface area contributed by atoms with Crippen LogP contribution in [0.15, 0.2) is 176 Å². The van der Waals surface area contributed by atoms with Gasteiger partial charge in [0, 0.05) is 38.3 Å². The molecule has 17 heteroatoms. The van der Waals surface area contributed by atoms with Crippen molar-refractivity contribution in [1.82, 2.24) is 35.0 Å². The monoisotopic (exact) mass is 1090 g/mol. The molecule has 5 aliphatic heterocycles. The van der Waals surface area contributed by atoms with Crippen LogP contribution in [0.4, 0.5) is 10.5 Å². The number of esters is 1. The van der Waals surface area contributed by atoms with Crippen molar-refractivity contribution >= 4 is 40.5 Å². The van der Waals surface area contributed by atoms with Crippen molar-refractivity contribution < 1.29 is 43.2 Å². The van der Waals surface area contributed by atoms with E-state index in [9.17, 15) is 5.11 Å². The fourth-order valence-corrected chi connectivity index (χ4v) is 12.8. The summed E-state index contributed by atoms with van der Waals surface area (Å²) in [4.78, 5) is 72.3. The van der Waals surface area contributed by atoms with Gasteiger partial charge in [0.05, 0.1) is 41.9 Å². The Kier molecular flexibility index (Phi) is 13.9. The molecule has 7 atom stereocenters. The Morgan fingerprint density at radius 2 is 1.48 bits per heavy atom. The molecular weight excluding hydrogens is 1040 g/mol. The summed E-state index contributed by atoms with van der Waals surface area (Å²) in [5.41, 5.74) is 4.52. The number of nitrogens with zero attached hydrogens (tertiary/aromatic N) is 7. The number of aromatic nitrogens is 3. The number of nitrogens with one attached hydrogen (secondary N) is 1. The molecule has 1 aromatic heterocycles. The number of carbonyl (C=O) groups excluding carboxylic acids is 4. The second-order valence-corrected chi connectivity index (χ2v) is 21.2. The molecule has 0 unspecified atom stereocenters. The Labute approximate surface area is 473 Å². The molecule has 7 aromatic carbocycles. The average Bonchev–Trinajstić information content (AvgIpc) is 1.57. The van der Waals surface area contributed by atoms with Crippen LogP contribution in [0.25, 0.3) is 11.0 Å². The third-order valence-corrected chi connectivity index (χ3v) is 16.5. The summed E-state index contributed by atoms with van der Waals surface area (Å²) in [7, 11) is 0. The molecule has 4 amide bonds. The normalized spacial score (nSPS) is 22.3. The van der Waals surface area contributed by atoms with Crippen LogP contribution >= 0.6 is 0 Å². The van der Waals surface area contributed by atoms with E-state index in [4.69, 9.17) is 18.9 Å². The highest BCUT2D eigenvalue weighted by atomic mass is 16.7. The van der Waals surface area contributed by atoms with Gasteiger partial charge in [0.2, 0.25) is 18.6 Å². The van der Waals surface area contributed by atoms with E-state index in [0.717, 1.165) is 27.7 Å². The predicted molar refractivity (Wildman–Crippen MR) is 303 cm³/mol. The molecule has 1 spiro atoms. The lowest BCUT2D eigenvalue weighted by atomic mass is 9.64. The molecule has 412 valence electrons. The van der Waals surface area contributed by atoms with Gasteiger partial charge in [-0.3, -0.25) is 24.2 Å². The van der Waals surface area contributed by atoms with E-state index >= 15 is 19.2 Å². The summed E-state index contributed by atoms with van der Waals surface area (Å²) in [6, 6.07) is 50.2. The lowest BCUT2D eigenvalue weighted by Crippen LogP contribution is -2.59. The predicted octanol–water partition coefficient (Wildman–Crippen LogP) is 8.06. The molecule has 5 aliphatic rings. The first-order valence-corrected chi connectivity index (χ1v) is 27.6. The Morgan fingerprint density at radius 3 is 2.23 bits per heavy atom. The van der Waals surface area contributed by atoms with Crippen molar-refractivity contribution in [3.05, 3.63) is 215 Å². The van der Waals surface area contributed by atoms with E-state index in [1.807, 2.05) is 163 Å². The Balaban J connectivity index is 1.00. The summed E-state index contributed by atoms with van der Waals surface area (Å²) >= 11 is 0. The maximum absolute atomic E-state index is 17.1. The van der Waals surface area contributed by atoms with Gasteiger partial charge >= 0.3 is 12.0 Å². The Morgan fingerprint density at radius 1 is 0.768 bits per heavy atom. The van der Waals surface area contributed by atoms with Crippen molar-refractivity contribution in [3.8, 4) is 29.1 Å². The standard InChI is InChI=1S/C65H58N8O9/c1-42(45-15-5-2-6-16-45)66-64(78)72-52-29-23-43(14-13-31-71-53-22-12-11-21-51(53)67-68-71)38-50(52)65(63(72)77)56(61(75)70-34-32-69(33-35-70)40-44-24-30-54-55(39-44)81-41-80-54)58-62(76)82-59(47-19-9-4-10-20-47)57(46-17-7-3-8-18-46)73(58)60(65)48-25-27-49(28-26-48)79-37-36-74/h2-12,15-30,38-39,42,56-60,74H,31-37,40-41H2,1H3,(H,66,78)/t42-,56+,57+,58+,59-,60-,65+/m1/s1. The van der Waals surface area contributed by atoms with E-state index < -0.39 is 65.4 Å². The molecular formula is C65H58N8O9. The number of anilines is 1. The number of benzene rings is 7. The van der Waals surface area contributed by atoms with Gasteiger partial charge in [-0.15, -0.1) is 5.10 Å². The summed E-state index contributed by atoms with van der Waals surface area (Å²) < 4.78 is 25.7. The number of piperazine rings is 1. The van der Waals surface area contributed by atoms with Gasteiger partial charge in [-0.2, -0.15) is 0 Å². The molecule has 0 bridgehead atoms. The van der Waals surface area contributed by atoms with Crippen molar-refractivity contribution in [2.45, 2.75) is 55.7 Å². The highest BCUT2D eigenvalue weighted by Crippen LogP contribution is 2.66. The van der Waals surface area contributed by atoms with Crippen molar-refractivity contribution in [2.24, 2.45) is 5.92 Å². The van der Waals surface area contributed by atoms with E-state index in [-0.39, 0.29) is 45.3 Å². The molecule has 0 saturated carbocycles. The number of para-hydroxylation sites is 1. The third-order valence-electron chi connectivity index (χ3n) is 16.5. The Bertz CT molecular complexity index is 3770. The number of ether oxygens (including phenoxy) is 4. The van der Waals surface area contributed by atoms with Crippen LogP contribution in [0.5, 0.6) is 17.2 Å². The number of amides is 4. The first kappa shape index (κ1) is 52.1. The summed E-state index contributed by atoms with van der Waals surface area (Å²) in [6.07, 6.45) is -0.917. The maximum Gasteiger partial charge on any atom is 0.329 e. The summed E-state index contributed by atoms with van der Waals surface area (Å²) in [6.45, 7) is 4.12. The van der Waals surface area contributed by atoms with Gasteiger partial charge in [0.25, 0.3) is 0 Å². The van der Waals surface area contributed by atoms with Crippen LogP contribution in [-0.2, 0) is 37.6 Å². The molecule has 0 aliphatic carbocycles.